The van der Waals surface area contributed by atoms with Crippen LogP contribution < -0.4 is 16.0 Å². The number of hydrogen-bond acceptors (Lipinski definition) is 2. The average molecular weight is 363 g/mol. The Morgan fingerprint density at radius 3 is 2.43 bits per heavy atom. The van der Waals surface area contributed by atoms with Crippen molar-refractivity contribution in [1.82, 2.24) is 16.0 Å². The molecular formula is C15H21Cl2FN4O. The van der Waals surface area contributed by atoms with Crippen molar-refractivity contribution < 1.29 is 9.18 Å². The molecule has 0 saturated heterocycles. The molecule has 1 amide bonds. The normalized spacial score (nSPS) is 13.0. The van der Waals surface area contributed by atoms with E-state index in [0.29, 0.717) is 16.5 Å². The Morgan fingerprint density at radius 2 is 1.87 bits per heavy atom. The number of carbonyl (C=O) groups excluding carboxylic acids is 1. The van der Waals surface area contributed by atoms with E-state index in [2.05, 4.69) is 20.9 Å². The molecule has 1 aromatic carbocycles. The van der Waals surface area contributed by atoms with Gasteiger partial charge in [-0.25, -0.2) is 4.39 Å². The number of guanidine groups is 1. The zero-order chi connectivity index (χ0) is 17.6. The number of nitrogens with zero attached hydrogens (tertiary/aromatic N) is 1. The Balaban J connectivity index is 2.69. The van der Waals surface area contributed by atoms with E-state index in [0.717, 1.165) is 0 Å². The monoisotopic (exact) mass is 362 g/mol. The number of benzene rings is 1. The van der Waals surface area contributed by atoms with Crippen molar-refractivity contribution in [1.29, 1.82) is 0 Å². The van der Waals surface area contributed by atoms with Crippen LogP contribution in [0.2, 0.25) is 10.0 Å². The Kier molecular flexibility index (Phi) is 7.58. The second kappa shape index (κ2) is 8.93. The second-order valence-electron chi connectivity index (χ2n) is 5.30. The van der Waals surface area contributed by atoms with Gasteiger partial charge >= 0.3 is 0 Å². The maximum Gasteiger partial charge on any atom is 0.239 e. The molecule has 1 unspecified atom stereocenters. The molecule has 0 heterocycles. The third-order valence-corrected chi connectivity index (χ3v) is 3.57. The lowest BCUT2D eigenvalue weighted by molar-refractivity contribution is -0.120. The maximum atomic E-state index is 13.6. The van der Waals surface area contributed by atoms with Crippen molar-refractivity contribution in [3.8, 4) is 0 Å². The second-order valence-corrected chi connectivity index (χ2v) is 6.12. The summed E-state index contributed by atoms with van der Waals surface area (Å²) in [5, 5.41) is 9.01. The van der Waals surface area contributed by atoms with Crippen LogP contribution in [0.3, 0.4) is 0 Å². The number of aliphatic imine (C=N–C) groups is 1. The van der Waals surface area contributed by atoms with E-state index in [-0.39, 0.29) is 29.6 Å². The number of amides is 1. The summed E-state index contributed by atoms with van der Waals surface area (Å²) >= 11 is 11.8. The highest BCUT2D eigenvalue weighted by Gasteiger charge is 2.15. The van der Waals surface area contributed by atoms with Crippen LogP contribution in [-0.4, -0.2) is 31.5 Å². The molecule has 1 atom stereocenters. The zero-order valence-corrected chi connectivity index (χ0v) is 15.0. The summed E-state index contributed by atoms with van der Waals surface area (Å²) in [4.78, 5) is 15.6. The lowest BCUT2D eigenvalue weighted by atomic mass is 10.1. The van der Waals surface area contributed by atoms with E-state index in [4.69, 9.17) is 23.2 Å². The highest BCUT2D eigenvalue weighted by molar-refractivity contribution is 6.35. The van der Waals surface area contributed by atoms with Gasteiger partial charge in [0.05, 0.1) is 17.6 Å². The number of rotatable bonds is 5. The van der Waals surface area contributed by atoms with E-state index < -0.39 is 5.82 Å². The van der Waals surface area contributed by atoms with Crippen LogP contribution >= 0.6 is 23.2 Å². The van der Waals surface area contributed by atoms with Gasteiger partial charge in [-0.3, -0.25) is 9.79 Å². The summed E-state index contributed by atoms with van der Waals surface area (Å²) in [5.41, 5.74) is 0.545. The minimum Gasteiger partial charge on any atom is -0.352 e. The summed E-state index contributed by atoms with van der Waals surface area (Å²) in [6, 6.07) is 2.38. The van der Waals surface area contributed by atoms with Crippen molar-refractivity contribution in [3.63, 3.8) is 0 Å². The first-order valence-electron chi connectivity index (χ1n) is 7.15. The van der Waals surface area contributed by atoms with Gasteiger partial charge in [-0.05, 0) is 38.5 Å². The minimum absolute atomic E-state index is 0.0289. The van der Waals surface area contributed by atoms with Gasteiger partial charge in [0.15, 0.2) is 5.96 Å². The van der Waals surface area contributed by atoms with Crippen LogP contribution in [0, 0.1) is 5.82 Å². The molecule has 0 aliphatic rings. The first-order valence-corrected chi connectivity index (χ1v) is 7.91. The third-order valence-electron chi connectivity index (χ3n) is 2.95. The molecule has 23 heavy (non-hydrogen) atoms. The molecular weight excluding hydrogens is 342 g/mol. The molecule has 8 heteroatoms. The highest BCUT2D eigenvalue weighted by Crippen LogP contribution is 2.28. The maximum absolute atomic E-state index is 13.6. The Morgan fingerprint density at radius 1 is 1.22 bits per heavy atom. The van der Waals surface area contributed by atoms with Gasteiger partial charge in [0.25, 0.3) is 0 Å². The molecule has 0 radical (unpaired) electrons. The standard InChI is InChI=1S/C15H21Cl2FN4O/c1-8(2)21-14(23)7-20-15(19-4)22-9(3)10-5-13(18)12(17)6-11(10)16/h5-6,8-9H,7H2,1-4H3,(H,21,23)(H2,19,20,22). The van der Waals surface area contributed by atoms with Crippen LogP contribution in [-0.2, 0) is 4.79 Å². The van der Waals surface area contributed by atoms with E-state index in [1.165, 1.54) is 12.1 Å². The van der Waals surface area contributed by atoms with Gasteiger partial charge in [-0.2, -0.15) is 0 Å². The molecule has 5 nitrogen and oxygen atoms in total. The predicted octanol–water partition coefficient (Wildman–Crippen LogP) is 2.88. The Labute approximate surface area is 145 Å². The molecule has 0 fully saturated rings. The van der Waals surface area contributed by atoms with Gasteiger partial charge < -0.3 is 16.0 Å². The fourth-order valence-electron chi connectivity index (χ4n) is 1.88. The van der Waals surface area contributed by atoms with Gasteiger partial charge in [0, 0.05) is 18.1 Å². The number of hydrogen-bond donors (Lipinski definition) is 3. The largest absolute Gasteiger partial charge is 0.352 e. The summed E-state index contributed by atoms with van der Waals surface area (Å²) in [6.45, 7) is 5.64. The first-order chi connectivity index (χ1) is 10.7. The molecule has 0 aliphatic heterocycles. The number of halogens is 3. The molecule has 0 spiro atoms. The summed E-state index contributed by atoms with van der Waals surface area (Å²) in [5.74, 6) is -0.284. The zero-order valence-electron chi connectivity index (χ0n) is 13.5. The fraction of sp³-hybridized carbons (Fsp3) is 0.467. The van der Waals surface area contributed by atoms with Crippen LogP contribution in [0.15, 0.2) is 17.1 Å². The quantitative estimate of drug-likeness (QED) is 0.428. The van der Waals surface area contributed by atoms with Crippen LogP contribution in [0.25, 0.3) is 0 Å². The molecule has 128 valence electrons. The van der Waals surface area contributed by atoms with Crippen LogP contribution in [0.1, 0.15) is 32.4 Å². The molecule has 1 rings (SSSR count). The predicted molar refractivity (Wildman–Crippen MR) is 92.6 cm³/mol. The molecule has 1 aromatic rings. The van der Waals surface area contributed by atoms with E-state index in [1.807, 2.05) is 13.8 Å². The summed E-state index contributed by atoms with van der Waals surface area (Å²) in [6.07, 6.45) is 0. The highest BCUT2D eigenvalue weighted by atomic mass is 35.5. The van der Waals surface area contributed by atoms with Gasteiger partial charge in [0.2, 0.25) is 5.91 Å². The lowest BCUT2D eigenvalue weighted by Crippen LogP contribution is -2.45. The Bertz CT molecular complexity index is 593. The summed E-state index contributed by atoms with van der Waals surface area (Å²) in [7, 11) is 1.58. The van der Waals surface area contributed by atoms with Gasteiger partial charge in [-0.1, -0.05) is 23.2 Å². The molecule has 0 aliphatic carbocycles. The molecule has 0 aromatic heterocycles. The van der Waals surface area contributed by atoms with Crippen molar-refractivity contribution in [2.24, 2.45) is 4.99 Å². The van der Waals surface area contributed by atoms with E-state index in [9.17, 15) is 9.18 Å². The van der Waals surface area contributed by atoms with Crippen molar-refractivity contribution >= 4 is 35.1 Å². The average Bonchev–Trinajstić information content (AvgIpc) is 2.46. The SMILES string of the molecule is CN=C(NCC(=O)NC(C)C)NC(C)c1cc(F)c(Cl)cc1Cl. The minimum atomic E-state index is -0.543. The third kappa shape index (κ3) is 6.23. The van der Waals surface area contributed by atoms with E-state index >= 15 is 0 Å². The van der Waals surface area contributed by atoms with Crippen LogP contribution in [0.4, 0.5) is 4.39 Å². The Hall–Kier alpha value is -1.53. The van der Waals surface area contributed by atoms with Crippen molar-refractivity contribution in [3.05, 3.63) is 33.6 Å². The molecule has 0 saturated carbocycles. The topological polar surface area (TPSA) is 65.5 Å². The van der Waals surface area contributed by atoms with Crippen molar-refractivity contribution in [2.75, 3.05) is 13.6 Å². The number of carbonyl (C=O) groups is 1. The van der Waals surface area contributed by atoms with Crippen molar-refractivity contribution in [2.45, 2.75) is 32.9 Å². The lowest BCUT2D eigenvalue weighted by Gasteiger charge is -2.19. The van der Waals surface area contributed by atoms with Crippen LogP contribution in [0.5, 0.6) is 0 Å². The first kappa shape index (κ1) is 19.5. The fourth-order valence-corrected chi connectivity index (χ4v) is 2.43. The summed E-state index contributed by atoms with van der Waals surface area (Å²) < 4.78 is 13.6. The van der Waals surface area contributed by atoms with Gasteiger partial charge in [0.1, 0.15) is 5.82 Å². The smallest absolute Gasteiger partial charge is 0.239 e. The van der Waals surface area contributed by atoms with E-state index in [1.54, 1.807) is 14.0 Å². The van der Waals surface area contributed by atoms with Gasteiger partial charge in [-0.15, -0.1) is 0 Å². The molecule has 0 bridgehead atoms. The number of nitrogens with one attached hydrogen (secondary N) is 3. The molecule has 3 N–H and O–H groups in total.